The summed E-state index contributed by atoms with van der Waals surface area (Å²) in [7, 11) is 0. The lowest BCUT2D eigenvalue weighted by Gasteiger charge is -2.33. The number of hydrogen-bond acceptors (Lipinski definition) is 7. The standard InChI is InChI=1S/C18H25N7O2/c1-2-25-17(5-6-21-25)24-7-3-4-14(18(24)26)22-15-12-16(20-13-19-15)23-8-10-27-11-9-23/h5-6,12-14H,2-4,7-11H2,1H3,(H,19,20,22). The van der Waals surface area contributed by atoms with E-state index >= 15 is 0 Å². The number of carbonyl (C=O) groups excluding carboxylic acids is 1. The third kappa shape index (κ3) is 3.73. The Morgan fingerprint density at radius 3 is 2.93 bits per heavy atom. The molecule has 0 spiro atoms. The van der Waals surface area contributed by atoms with Crippen LogP contribution in [0.4, 0.5) is 17.5 Å². The number of morpholine rings is 1. The fraction of sp³-hybridized carbons (Fsp3) is 0.556. The van der Waals surface area contributed by atoms with Crippen molar-refractivity contribution < 1.29 is 9.53 Å². The molecule has 1 atom stereocenters. The Balaban J connectivity index is 1.48. The number of aromatic nitrogens is 4. The minimum atomic E-state index is -0.300. The quantitative estimate of drug-likeness (QED) is 0.843. The van der Waals surface area contributed by atoms with Gasteiger partial charge in [-0.3, -0.25) is 9.69 Å². The first-order valence-corrected chi connectivity index (χ1v) is 9.50. The molecule has 1 unspecified atom stereocenters. The Morgan fingerprint density at radius 1 is 1.26 bits per heavy atom. The molecule has 1 amide bonds. The van der Waals surface area contributed by atoms with Crippen LogP contribution in [0, 0.1) is 0 Å². The van der Waals surface area contributed by atoms with Gasteiger partial charge in [0.15, 0.2) is 0 Å². The topological polar surface area (TPSA) is 88.4 Å². The first-order valence-electron chi connectivity index (χ1n) is 9.50. The molecule has 9 nitrogen and oxygen atoms in total. The molecule has 2 aliphatic heterocycles. The van der Waals surface area contributed by atoms with Gasteiger partial charge in [-0.05, 0) is 19.8 Å². The Kier molecular flexibility index (Phi) is 5.19. The zero-order valence-electron chi connectivity index (χ0n) is 15.5. The van der Waals surface area contributed by atoms with E-state index in [1.807, 2.05) is 28.6 Å². The maximum Gasteiger partial charge on any atom is 0.250 e. The molecular weight excluding hydrogens is 346 g/mol. The summed E-state index contributed by atoms with van der Waals surface area (Å²) in [5.41, 5.74) is 0. The molecule has 0 aliphatic carbocycles. The smallest absolute Gasteiger partial charge is 0.250 e. The van der Waals surface area contributed by atoms with Gasteiger partial charge in [-0.25, -0.2) is 14.6 Å². The second-order valence-electron chi connectivity index (χ2n) is 6.70. The maximum absolute atomic E-state index is 13.0. The van der Waals surface area contributed by atoms with Crippen LogP contribution in [0.1, 0.15) is 19.8 Å². The van der Waals surface area contributed by atoms with Gasteiger partial charge in [0.05, 0.1) is 19.4 Å². The highest BCUT2D eigenvalue weighted by atomic mass is 16.5. The summed E-state index contributed by atoms with van der Waals surface area (Å²) in [5.74, 6) is 2.45. The van der Waals surface area contributed by atoms with Crippen molar-refractivity contribution in [2.45, 2.75) is 32.4 Å². The molecule has 144 valence electrons. The molecular formula is C18H25N7O2. The number of nitrogens with zero attached hydrogens (tertiary/aromatic N) is 6. The van der Waals surface area contributed by atoms with Gasteiger partial charge in [0.25, 0.3) is 5.91 Å². The lowest BCUT2D eigenvalue weighted by Crippen LogP contribution is -2.48. The van der Waals surface area contributed by atoms with Crippen molar-refractivity contribution in [2.75, 3.05) is 48.0 Å². The van der Waals surface area contributed by atoms with Crippen molar-refractivity contribution in [3.63, 3.8) is 0 Å². The van der Waals surface area contributed by atoms with E-state index in [-0.39, 0.29) is 11.9 Å². The first-order chi connectivity index (χ1) is 13.3. The number of amides is 1. The Morgan fingerprint density at radius 2 is 2.11 bits per heavy atom. The number of anilines is 3. The van der Waals surface area contributed by atoms with E-state index in [9.17, 15) is 4.79 Å². The van der Waals surface area contributed by atoms with Crippen molar-refractivity contribution in [2.24, 2.45) is 0 Å². The molecule has 2 saturated heterocycles. The number of aryl methyl sites for hydroxylation is 1. The summed E-state index contributed by atoms with van der Waals surface area (Å²) in [4.78, 5) is 25.7. The highest BCUT2D eigenvalue weighted by molar-refractivity contribution is 5.98. The Hall–Kier alpha value is -2.68. The molecule has 0 saturated carbocycles. The largest absolute Gasteiger partial charge is 0.378 e. The van der Waals surface area contributed by atoms with Gasteiger partial charge in [0, 0.05) is 38.3 Å². The van der Waals surface area contributed by atoms with Gasteiger partial charge in [-0.1, -0.05) is 0 Å². The Labute approximate surface area is 158 Å². The lowest BCUT2D eigenvalue weighted by atomic mass is 10.0. The maximum atomic E-state index is 13.0. The van der Waals surface area contributed by atoms with Crippen LogP contribution in [0.5, 0.6) is 0 Å². The molecule has 0 radical (unpaired) electrons. The number of piperidine rings is 1. The zero-order chi connectivity index (χ0) is 18.6. The van der Waals surface area contributed by atoms with Crippen molar-refractivity contribution >= 4 is 23.4 Å². The van der Waals surface area contributed by atoms with Gasteiger partial charge >= 0.3 is 0 Å². The lowest BCUT2D eigenvalue weighted by molar-refractivity contribution is -0.120. The average molecular weight is 371 g/mol. The molecule has 2 aliphatic rings. The van der Waals surface area contributed by atoms with E-state index in [2.05, 4.69) is 25.3 Å². The first kappa shape index (κ1) is 17.7. The minimum Gasteiger partial charge on any atom is -0.378 e. The Bertz CT molecular complexity index is 788. The van der Waals surface area contributed by atoms with E-state index in [4.69, 9.17) is 4.74 Å². The summed E-state index contributed by atoms with van der Waals surface area (Å²) < 4.78 is 7.24. The van der Waals surface area contributed by atoms with E-state index in [0.29, 0.717) is 25.6 Å². The predicted molar refractivity (Wildman–Crippen MR) is 102 cm³/mol. The van der Waals surface area contributed by atoms with E-state index in [0.717, 1.165) is 44.1 Å². The fourth-order valence-corrected chi connectivity index (χ4v) is 3.61. The fourth-order valence-electron chi connectivity index (χ4n) is 3.61. The summed E-state index contributed by atoms with van der Waals surface area (Å²) in [6.07, 6.45) is 5.00. The number of carbonyl (C=O) groups is 1. The highest BCUT2D eigenvalue weighted by Crippen LogP contribution is 2.23. The van der Waals surface area contributed by atoms with Gasteiger partial charge in [-0.2, -0.15) is 5.10 Å². The van der Waals surface area contributed by atoms with Gasteiger partial charge < -0.3 is 15.0 Å². The summed E-state index contributed by atoms with van der Waals surface area (Å²) in [6, 6.07) is 3.50. The number of rotatable bonds is 5. The SMILES string of the molecule is CCn1nccc1N1CCCC(Nc2cc(N3CCOCC3)ncn2)C1=O. The van der Waals surface area contributed by atoms with Crippen molar-refractivity contribution in [1.29, 1.82) is 0 Å². The molecule has 1 N–H and O–H groups in total. The molecule has 4 rings (SSSR count). The average Bonchev–Trinajstić information content (AvgIpc) is 3.19. The summed E-state index contributed by atoms with van der Waals surface area (Å²) >= 11 is 0. The van der Waals surface area contributed by atoms with Crippen LogP contribution in [0.3, 0.4) is 0 Å². The van der Waals surface area contributed by atoms with Crippen molar-refractivity contribution in [3.05, 3.63) is 24.7 Å². The van der Waals surface area contributed by atoms with Crippen molar-refractivity contribution in [1.82, 2.24) is 19.7 Å². The van der Waals surface area contributed by atoms with Gasteiger partial charge in [0.2, 0.25) is 0 Å². The normalized spacial score (nSPS) is 20.8. The predicted octanol–water partition coefficient (Wildman–Crippen LogP) is 1.14. The molecule has 2 aromatic rings. The van der Waals surface area contributed by atoms with Gasteiger partial charge in [-0.15, -0.1) is 0 Å². The second-order valence-corrected chi connectivity index (χ2v) is 6.70. The molecule has 2 aromatic heterocycles. The summed E-state index contributed by atoms with van der Waals surface area (Å²) in [5, 5.41) is 7.59. The molecule has 0 bridgehead atoms. The third-order valence-corrected chi connectivity index (χ3v) is 5.02. The van der Waals surface area contributed by atoms with Crippen molar-refractivity contribution in [3.8, 4) is 0 Å². The van der Waals surface area contributed by atoms with Crippen LogP contribution in [-0.2, 0) is 16.1 Å². The van der Waals surface area contributed by atoms with E-state index < -0.39 is 0 Å². The van der Waals surface area contributed by atoms with E-state index in [1.54, 1.807) is 12.5 Å². The minimum absolute atomic E-state index is 0.0583. The number of hydrogen-bond donors (Lipinski definition) is 1. The molecule has 27 heavy (non-hydrogen) atoms. The monoisotopic (exact) mass is 371 g/mol. The van der Waals surface area contributed by atoms with Gasteiger partial charge in [0.1, 0.15) is 29.8 Å². The molecule has 0 aromatic carbocycles. The molecule has 2 fully saturated rings. The van der Waals surface area contributed by atoms with Crippen LogP contribution in [-0.4, -0.2) is 64.5 Å². The van der Waals surface area contributed by atoms with E-state index in [1.165, 1.54) is 0 Å². The highest BCUT2D eigenvalue weighted by Gasteiger charge is 2.31. The summed E-state index contributed by atoms with van der Waals surface area (Å²) in [6.45, 7) is 6.50. The van der Waals surface area contributed by atoms with Crippen LogP contribution in [0.15, 0.2) is 24.7 Å². The van der Waals surface area contributed by atoms with Crippen LogP contribution < -0.4 is 15.1 Å². The second kappa shape index (κ2) is 7.91. The molecule has 9 heteroatoms. The van der Waals surface area contributed by atoms with Crippen LogP contribution in [0.25, 0.3) is 0 Å². The third-order valence-electron chi connectivity index (χ3n) is 5.02. The number of nitrogens with one attached hydrogen (secondary N) is 1. The molecule has 4 heterocycles. The zero-order valence-corrected chi connectivity index (χ0v) is 15.5. The number of ether oxygens (including phenoxy) is 1. The van der Waals surface area contributed by atoms with Crippen LogP contribution in [0.2, 0.25) is 0 Å². The van der Waals surface area contributed by atoms with Crippen LogP contribution >= 0.6 is 0 Å².